The topological polar surface area (TPSA) is 63.1 Å². The normalized spacial score (nSPS) is 10.9. The molecule has 0 atom stereocenters. The van der Waals surface area contributed by atoms with E-state index in [0.29, 0.717) is 22.2 Å². The summed E-state index contributed by atoms with van der Waals surface area (Å²) in [4.78, 5) is 20.5. The zero-order chi connectivity index (χ0) is 19.0. The molecule has 27 heavy (non-hydrogen) atoms. The second kappa shape index (κ2) is 6.61. The molecule has 0 saturated heterocycles. The number of rotatable bonds is 3. The summed E-state index contributed by atoms with van der Waals surface area (Å²) in [5, 5.41) is 9.96. The highest BCUT2D eigenvalue weighted by atomic mass is 19.1. The third-order valence-electron chi connectivity index (χ3n) is 4.56. The lowest BCUT2D eigenvalue weighted by molar-refractivity contribution is 0.0698. The molecular weight excluding hydrogens is 343 g/mol. The van der Waals surface area contributed by atoms with Crippen molar-refractivity contribution in [3.8, 4) is 22.4 Å². The van der Waals surface area contributed by atoms with Crippen molar-refractivity contribution in [3.63, 3.8) is 0 Å². The number of aromatic nitrogens is 2. The van der Waals surface area contributed by atoms with Crippen LogP contribution in [-0.4, -0.2) is 21.0 Å². The molecule has 0 aliphatic rings. The molecule has 0 saturated carbocycles. The smallest absolute Gasteiger partial charge is 0.336 e. The summed E-state index contributed by atoms with van der Waals surface area (Å²) in [5.41, 5.74) is 4.41. The third kappa shape index (κ3) is 3.04. The first kappa shape index (κ1) is 16.8. The maximum atomic E-state index is 13.6. The highest BCUT2D eigenvalue weighted by molar-refractivity contribution is 6.05. The first-order chi connectivity index (χ1) is 13.0. The highest BCUT2D eigenvalue weighted by Crippen LogP contribution is 2.31. The van der Waals surface area contributed by atoms with Crippen LogP contribution < -0.4 is 0 Å². The van der Waals surface area contributed by atoms with Crippen molar-refractivity contribution in [2.24, 2.45) is 0 Å². The first-order valence-corrected chi connectivity index (χ1v) is 8.38. The Kier molecular flexibility index (Phi) is 4.12. The molecule has 0 unspecified atom stereocenters. The van der Waals surface area contributed by atoms with E-state index in [2.05, 4.69) is 9.97 Å². The van der Waals surface area contributed by atoms with E-state index < -0.39 is 11.8 Å². The maximum absolute atomic E-state index is 13.6. The van der Waals surface area contributed by atoms with Crippen LogP contribution in [0.15, 0.2) is 67.0 Å². The number of nitrogens with zero attached hydrogens (tertiary/aromatic N) is 2. The molecule has 0 bridgehead atoms. The Hall–Kier alpha value is -3.60. The van der Waals surface area contributed by atoms with Gasteiger partial charge in [-0.15, -0.1) is 0 Å². The first-order valence-electron chi connectivity index (χ1n) is 8.38. The van der Waals surface area contributed by atoms with Gasteiger partial charge in [0.1, 0.15) is 5.82 Å². The molecule has 2 aromatic carbocycles. The predicted molar refractivity (Wildman–Crippen MR) is 102 cm³/mol. The molecule has 2 aromatic heterocycles. The molecule has 4 nitrogen and oxygen atoms in total. The average molecular weight is 358 g/mol. The van der Waals surface area contributed by atoms with Gasteiger partial charge in [0.15, 0.2) is 0 Å². The minimum absolute atomic E-state index is 0.0748. The van der Waals surface area contributed by atoms with Crippen molar-refractivity contribution >= 4 is 16.9 Å². The minimum Gasteiger partial charge on any atom is -0.478 e. The summed E-state index contributed by atoms with van der Waals surface area (Å²) in [6, 6.07) is 15.5. The Labute approximate surface area is 155 Å². The number of hydrogen-bond acceptors (Lipinski definition) is 3. The monoisotopic (exact) mass is 358 g/mol. The van der Waals surface area contributed by atoms with Crippen molar-refractivity contribution in [2.75, 3.05) is 0 Å². The third-order valence-corrected chi connectivity index (χ3v) is 4.56. The molecule has 4 aromatic rings. The van der Waals surface area contributed by atoms with E-state index in [1.807, 2.05) is 36.4 Å². The largest absolute Gasteiger partial charge is 0.478 e. The van der Waals surface area contributed by atoms with Crippen LogP contribution in [0, 0.1) is 12.7 Å². The molecule has 0 amide bonds. The Balaban J connectivity index is 1.88. The van der Waals surface area contributed by atoms with Gasteiger partial charge in [0.25, 0.3) is 0 Å². The number of benzene rings is 2. The van der Waals surface area contributed by atoms with Gasteiger partial charge >= 0.3 is 5.97 Å². The molecule has 0 aliphatic heterocycles. The van der Waals surface area contributed by atoms with Crippen molar-refractivity contribution < 1.29 is 14.3 Å². The van der Waals surface area contributed by atoms with Gasteiger partial charge in [-0.05, 0) is 47.9 Å². The lowest BCUT2D eigenvalue weighted by Crippen LogP contribution is -2.05. The van der Waals surface area contributed by atoms with Crippen LogP contribution >= 0.6 is 0 Å². The van der Waals surface area contributed by atoms with E-state index in [4.69, 9.17) is 0 Å². The summed E-state index contributed by atoms with van der Waals surface area (Å²) in [7, 11) is 0. The number of hydrogen-bond donors (Lipinski definition) is 1. The fourth-order valence-corrected chi connectivity index (χ4v) is 3.24. The Morgan fingerprint density at radius 3 is 2.41 bits per heavy atom. The number of carboxylic acid groups (broad SMARTS) is 1. The van der Waals surface area contributed by atoms with Crippen molar-refractivity contribution in [1.82, 2.24) is 9.97 Å². The van der Waals surface area contributed by atoms with Gasteiger partial charge in [0.2, 0.25) is 0 Å². The maximum Gasteiger partial charge on any atom is 0.336 e. The van der Waals surface area contributed by atoms with Crippen LogP contribution in [0.5, 0.6) is 0 Å². The molecule has 5 heteroatoms. The number of carbonyl (C=O) groups is 1. The van der Waals surface area contributed by atoms with Crippen LogP contribution in [0.1, 0.15) is 15.9 Å². The molecule has 0 fully saturated rings. The molecule has 4 rings (SSSR count). The van der Waals surface area contributed by atoms with Crippen LogP contribution in [0.4, 0.5) is 4.39 Å². The summed E-state index contributed by atoms with van der Waals surface area (Å²) in [6.07, 6.45) is 3.50. The van der Waals surface area contributed by atoms with E-state index in [1.165, 1.54) is 18.2 Å². The average Bonchev–Trinajstić information content (AvgIpc) is 2.68. The fourth-order valence-electron chi connectivity index (χ4n) is 3.24. The summed E-state index contributed by atoms with van der Waals surface area (Å²) in [6.45, 7) is 1.70. The van der Waals surface area contributed by atoms with E-state index in [0.717, 1.165) is 16.7 Å². The summed E-state index contributed by atoms with van der Waals surface area (Å²) < 4.78 is 13.6. The van der Waals surface area contributed by atoms with Gasteiger partial charge in [-0.1, -0.05) is 30.3 Å². The predicted octanol–water partition coefficient (Wildman–Crippen LogP) is 5.11. The van der Waals surface area contributed by atoms with Gasteiger partial charge < -0.3 is 5.11 Å². The van der Waals surface area contributed by atoms with Crippen LogP contribution in [-0.2, 0) is 0 Å². The Morgan fingerprint density at radius 1 is 1.00 bits per heavy atom. The van der Waals surface area contributed by atoms with Gasteiger partial charge in [-0.3, -0.25) is 4.98 Å². The van der Waals surface area contributed by atoms with Crippen LogP contribution in [0.25, 0.3) is 33.3 Å². The summed E-state index contributed by atoms with van der Waals surface area (Å²) in [5.74, 6) is -1.58. The van der Waals surface area contributed by atoms with Gasteiger partial charge in [0.05, 0.1) is 16.8 Å². The molecule has 0 spiro atoms. The molecule has 0 radical (unpaired) electrons. The van der Waals surface area contributed by atoms with Crippen molar-refractivity contribution in [1.29, 1.82) is 0 Å². The van der Waals surface area contributed by atoms with E-state index in [9.17, 15) is 14.3 Å². The molecule has 1 N–H and O–H groups in total. The van der Waals surface area contributed by atoms with E-state index in [-0.39, 0.29) is 5.56 Å². The SMILES string of the molecule is Cc1c(-c2ccc(-c3cccnc3)cc2)nc2ccc(F)cc2c1C(=O)O. The van der Waals surface area contributed by atoms with Crippen molar-refractivity contribution in [3.05, 3.63) is 83.9 Å². The van der Waals surface area contributed by atoms with E-state index >= 15 is 0 Å². The quantitative estimate of drug-likeness (QED) is 0.553. The van der Waals surface area contributed by atoms with Crippen molar-refractivity contribution in [2.45, 2.75) is 6.92 Å². The second-order valence-corrected chi connectivity index (χ2v) is 6.25. The number of pyridine rings is 2. The lowest BCUT2D eigenvalue weighted by Gasteiger charge is -2.12. The standard InChI is InChI=1S/C22H15FN2O2/c1-13-20(22(26)27)18-11-17(23)8-9-19(18)25-21(13)15-6-4-14(5-7-15)16-3-2-10-24-12-16/h2-12H,1H3,(H,26,27). The number of halogens is 1. The summed E-state index contributed by atoms with van der Waals surface area (Å²) >= 11 is 0. The lowest BCUT2D eigenvalue weighted by atomic mass is 9.96. The van der Waals surface area contributed by atoms with Gasteiger partial charge in [0, 0.05) is 23.3 Å². The van der Waals surface area contributed by atoms with Crippen LogP contribution in [0.2, 0.25) is 0 Å². The Bertz CT molecular complexity index is 1160. The molecule has 0 aliphatic carbocycles. The zero-order valence-electron chi connectivity index (χ0n) is 14.5. The number of aromatic carboxylic acids is 1. The Morgan fingerprint density at radius 2 is 1.74 bits per heavy atom. The fraction of sp³-hybridized carbons (Fsp3) is 0.0455. The van der Waals surface area contributed by atoms with Gasteiger partial charge in [-0.25, -0.2) is 14.2 Å². The molecule has 132 valence electrons. The minimum atomic E-state index is -1.10. The molecule has 2 heterocycles. The molecular formula is C22H15FN2O2. The zero-order valence-corrected chi connectivity index (χ0v) is 14.5. The van der Waals surface area contributed by atoms with Gasteiger partial charge in [-0.2, -0.15) is 0 Å². The highest BCUT2D eigenvalue weighted by Gasteiger charge is 2.18. The van der Waals surface area contributed by atoms with E-state index in [1.54, 1.807) is 19.3 Å². The number of fused-ring (bicyclic) bond motifs is 1. The van der Waals surface area contributed by atoms with Crippen LogP contribution in [0.3, 0.4) is 0 Å². The number of carboxylic acids is 1. The second-order valence-electron chi connectivity index (χ2n) is 6.25.